The van der Waals surface area contributed by atoms with Crippen LogP contribution in [0.15, 0.2) is 29.4 Å². The van der Waals surface area contributed by atoms with Crippen molar-refractivity contribution in [3.63, 3.8) is 0 Å². The van der Waals surface area contributed by atoms with Crippen molar-refractivity contribution in [1.82, 2.24) is 19.1 Å². The number of carbonyl (C=O) groups is 1. The van der Waals surface area contributed by atoms with Gasteiger partial charge < -0.3 is 9.64 Å². The van der Waals surface area contributed by atoms with E-state index < -0.39 is 10.0 Å². The molecule has 2 aliphatic rings. The Kier molecular flexibility index (Phi) is 6.23. The third kappa shape index (κ3) is 4.59. The highest BCUT2D eigenvalue weighted by atomic mass is 32.2. The Labute approximate surface area is 154 Å². The Balaban J connectivity index is 1.49. The molecule has 3 heterocycles. The summed E-state index contributed by atoms with van der Waals surface area (Å²) in [6.07, 6.45) is 5.35. The number of rotatable bonds is 6. The van der Waals surface area contributed by atoms with Gasteiger partial charge in [0.25, 0.3) is 0 Å². The highest BCUT2D eigenvalue weighted by Gasteiger charge is 2.28. The zero-order valence-corrected chi connectivity index (χ0v) is 15.9. The van der Waals surface area contributed by atoms with E-state index in [4.69, 9.17) is 4.74 Å². The molecule has 1 aromatic heterocycles. The third-order valence-electron chi connectivity index (χ3n) is 4.91. The van der Waals surface area contributed by atoms with Crippen LogP contribution in [0.25, 0.3) is 0 Å². The van der Waals surface area contributed by atoms with Crippen LogP contribution in [-0.2, 0) is 19.6 Å². The number of piperazine rings is 1. The average Bonchev–Trinajstić information content (AvgIpc) is 3.16. The molecule has 0 aliphatic carbocycles. The molecule has 3 rings (SSSR count). The van der Waals surface area contributed by atoms with Crippen LogP contribution in [0.1, 0.15) is 12.8 Å². The zero-order valence-electron chi connectivity index (χ0n) is 15.1. The lowest BCUT2D eigenvalue weighted by Crippen LogP contribution is -2.52. The number of carbonyl (C=O) groups excluding carboxylic acids is 1. The van der Waals surface area contributed by atoms with Gasteiger partial charge in [-0.15, -0.1) is 0 Å². The summed E-state index contributed by atoms with van der Waals surface area (Å²) in [5.74, 6) is -0.170. The molecule has 0 bridgehead atoms. The molecule has 8 nitrogen and oxygen atoms in total. The van der Waals surface area contributed by atoms with E-state index in [9.17, 15) is 13.2 Å². The van der Waals surface area contributed by atoms with Crippen molar-refractivity contribution in [2.24, 2.45) is 0 Å². The summed E-state index contributed by atoms with van der Waals surface area (Å²) >= 11 is 0. The third-order valence-corrected chi connectivity index (χ3v) is 6.70. The standard InChI is InChI=1S/C17H26N4O4S/c1-19(26(23,24)16-5-2-6-18-12-16)14-17(22)21-9-7-20(8-10-21)13-15-4-3-11-25-15/h2,5-6,12,15H,3-4,7-11,13-14H2,1H3. The van der Waals surface area contributed by atoms with Crippen LogP contribution in [-0.4, -0.2) is 92.4 Å². The first-order valence-electron chi connectivity index (χ1n) is 8.95. The molecule has 1 unspecified atom stereocenters. The number of pyridine rings is 1. The molecule has 2 aliphatic heterocycles. The predicted octanol–water partition coefficient (Wildman–Crippen LogP) is 0.0253. The van der Waals surface area contributed by atoms with Crippen molar-refractivity contribution in [2.45, 2.75) is 23.8 Å². The Morgan fingerprint density at radius 2 is 2.12 bits per heavy atom. The first-order valence-corrected chi connectivity index (χ1v) is 10.4. The molecular formula is C17H26N4O4S. The van der Waals surface area contributed by atoms with E-state index in [1.165, 1.54) is 25.5 Å². The number of nitrogens with zero attached hydrogens (tertiary/aromatic N) is 4. The molecule has 0 aromatic carbocycles. The fourth-order valence-electron chi connectivity index (χ4n) is 3.31. The maximum Gasteiger partial charge on any atom is 0.244 e. The van der Waals surface area contributed by atoms with E-state index in [1.54, 1.807) is 11.0 Å². The van der Waals surface area contributed by atoms with E-state index >= 15 is 0 Å². The maximum absolute atomic E-state index is 12.5. The van der Waals surface area contributed by atoms with Crippen molar-refractivity contribution in [2.75, 3.05) is 52.9 Å². The van der Waals surface area contributed by atoms with Gasteiger partial charge in [-0.2, -0.15) is 4.31 Å². The summed E-state index contributed by atoms with van der Waals surface area (Å²) in [6.45, 7) is 4.43. The Hall–Kier alpha value is -1.55. The molecule has 1 atom stereocenters. The topological polar surface area (TPSA) is 83.1 Å². The van der Waals surface area contributed by atoms with Crippen LogP contribution in [0.5, 0.6) is 0 Å². The summed E-state index contributed by atoms with van der Waals surface area (Å²) in [5, 5.41) is 0. The second-order valence-electron chi connectivity index (χ2n) is 6.77. The van der Waals surface area contributed by atoms with Crippen molar-refractivity contribution < 1.29 is 17.9 Å². The summed E-state index contributed by atoms with van der Waals surface area (Å²) in [5.41, 5.74) is 0. The number of hydrogen-bond donors (Lipinski definition) is 0. The molecule has 0 N–H and O–H groups in total. The van der Waals surface area contributed by atoms with Gasteiger partial charge in [0.05, 0.1) is 12.6 Å². The van der Waals surface area contributed by atoms with Gasteiger partial charge in [-0.1, -0.05) is 0 Å². The van der Waals surface area contributed by atoms with Crippen LogP contribution in [0.2, 0.25) is 0 Å². The molecule has 144 valence electrons. The first-order chi connectivity index (χ1) is 12.5. The normalized spacial score (nSPS) is 22.1. The second kappa shape index (κ2) is 8.43. The molecule has 26 heavy (non-hydrogen) atoms. The van der Waals surface area contributed by atoms with Gasteiger partial charge in [-0.05, 0) is 25.0 Å². The number of hydrogen-bond acceptors (Lipinski definition) is 6. The van der Waals surface area contributed by atoms with E-state index in [0.717, 1.165) is 43.4 Å². The minimum Gasteiger partial charge on any atom is -0.377 e. The predicted molar refractivity (Wildman–Crippen MR) is 96.0 cm³/mol. The van der Waals surface area contributed by atoms with Gasteiger partial charge in [-0.3, -0.25) is 14.7 Å². The summed E-state index contributed by atoms with van der Waals surface area (Å²) < 4.78 is 31.7. The van der Waals surface area contributed by atoms with Crippen molar-refractivity contribution >= 4 is 15.9 Å². The highest BCUT2D eigenvalue weighted by Crippen LogP contribution is 2.15. The highest BCUT2D eigenvalue weighted by molar-refractivity contribution is 7.89. The molecule has 0 radical (unpaired) electrons. The Morgan fingerprint density at radius 1 is 1.35 bits per heavy atom. The van der Waals surface area contributed by atoms with E-state index in [0.29, 0.717) is 19.2 Å². The monoisotopic (exact) mass is 382 g/mol. The van der Waals surface area contributed by atoms with Crippen LogP contribution in [0.3, 0.4) is 0 Å². The molecule has 1 aromatic rings. The minimum atomic E-state index is -3.70. The van der Waals surface area contributed by atoms with Crippen molar-refractivity contribution in [1.29, 1.82) is 0 Å². The first kappa shape index (κ1) is 19.2. The number of amides is 1. The number of sulfonamides is 1. The molecule has 1 amide bonds. The van der Waals surface area contributed by atoms with E-state index in [2.05, 4.69) is 9.88 Å². The van der Waals surface area contributed by atoms with Gasteiger partial charge in [-0.25, -0.2) is 8.42 Å². The van der Waals surface area contributed by atoms with Crippen LogP contribution >= 0.6 is 0 Å². The van der Waals surface area contributed by atoms with Crippen molar-refractivity contribution in [3.05, 3.63) is 24.5 Å². The fraction of sp³-hybridized carbons (Fsp3) is 0.647. The summed E-state index contributed by atoms with van der Waals surface area (Å²) in [6, 6.07) is 3.04. The number of ether oxygens (including phenoxy) is 1. The smallest absolute Gasteiger partial charge is 0.244 e. The zero-order chi connectivity index (χ0) is 18.6. The minimum absolute atomic E-state index is 0.0942. The fourth-order valence-corrected chi connectivity index (χ4v) is 4.40. The van der Waals surface area contributed by atoms with Crippen LogP contribution in [0, 0.1) is 0 Å². The largest absolute Gasteiger partial charge is 0.377 e. The van der Waals surface area contributed by atoms with Crippen LogP contribution < -0.4 is 0 Å². The lowest BCUT2D eigenvalue weighted by Gasteiger charge is -2.36. The molecule has 0 spiro atoms. The Bertz CT molecular complexity index is 699. The second-order valence-corrected chi connectivity index (χ2v) is 8.81. The average molecular weight is 382 g/mol. The SMILES string of the molecule is CN(CC(=O)N1CCN(CC2CCCO2)CC1)S(=O)(=O)c1cccnc1. The quantitative estimate of drug-likeness (QED) is 0.690. The summed E-state index contributed by atoms with van der Waals surface area (Å²) in [4.78, 5) is 20.5. The van der Waals surface area contributed by atoms with E-state index in [-0.39, 0.29) is 17.3 Å². The van der Waals surface area contributed by atoms with E-state index in [1.807, 2.05) is 0 Å². The van der Waals surface area contributed by atoms with Gasteiger partial charge >= 0.3 is 0 Å². The van der Waals surface area contributed by atoms with Crippen molar-refractivity contribution in [3.8, 4) is 0 Å². The molecule has 0 saturated carbocycles. The molecule has 9 heteroatoms. The number of likely N-dealkylation sites (N-methyl/N-ethyl adjacent to an activating group) is 1. The van der Waals surface area contributed by atoms with Gasteiger partial charge in [0.2, 0.25) is 15.9 Å². The van der Waals surface area contributed by atoms with Gasteiger partial charge in [0.1, 0.15) is 4.90 Å². The van der Waals surface area contributed by atoms with Crippen LogP contribution in [0.4, 0.5) is 0 Å². The Morgan fingerprint density at radius 3 is 2.73 bits per heavy atom. The molecule has 2 saturated heterocycles. The maximum atomic E-state index is 12.5. The number of aromatic nitrogens is 1. The molecular weight excluding hydrogens is 356 g/mol. The van der Waals surface area contributed by atoms with Gasteiger partial charge in [0, 0.05) is 58.8 Å². The molecule has 2 fully saturated rings. The summed E-state index contributed by atoms with van der Waals surface area (Å²) in [7, 11) is -2.28. The lowest BCUT2D eigenvalue weighted by molar-refractivity contribution is -0.133. The van der Waals surface area contributed by atoms with Gasteiger partial charge in [0.15, 0.2) is 0 Å². The lowest BCUT2D eigenvalue weighted by atomic mass is 10.2.